The Morgan fingerprint density at radius 2 is 1.77 bits per heavy atom. The lowest BCUT2D eigenvalue weighted by Crippen LogP contribution is -2.41. The second-order valence-electron chi connectivity index (χ2n) is 6.64. The molecule has 0 N–H and O–H groups in total. The molecular formula is C22H26ClN3O3S. The summed E-state index contributed by atoms with van der Waals surface area (Å²) in [4.78, 5) is 21.7. The van der Waals surface area contributed by atoms with E-state index in [0.717, 1.165) is 35.6 Å². The molecule has 1 amide bonds. The highest BCUT2D eigenvalue weighted by molar-refractivity contribution is 7.22. The summed E-state index contributed by atoms with van der Waals surface area (Å²) in [5.41, 5.74) is 0.830. The van der Waals surface area contributed by atoms with Crippen LogP contribution in [0.3, 0.4) is 0 Å². The molecule has 0 saturated heterocycles. The smallest absolute Gasteiger partial charge is 0.266 e. The van der Waals surface area contributed by atoms with Crippen LogP contribution in [0, 0.1) is 0 Å². The van der Waals surface area contributed by atoms with E-state index < -0.39 is 0 Å². The van der Waals surface area contributed by atoms with Crippen LogP contribution < -0.4 is 14.4 Å². The summed E-state index contributed by atoms with van der Waals surface area (Å²) in [6.45, 7) is 7.32. The fraction of sp³-hybridized carbons (Fsp3) is 0.364. The monoisotopic (exact) mass is 447 g/mol. The van der Waals surface area contributed by atoms with Crippen LogP contribution in [-0.2, 0) is 4.79 Å². The van der Waals surface area contributed by atoms with Gasteiger partial charge < -0.3 is 14.4 Å². The third kappa shape index (κ3) is 5.62. The number of likely N-dealkylation sites (N-methyl/N-ethyl adjacent to an activating group) is 1. The van der Waals surface area contributed by atoms with Gasteiger partial charge in [-0.25, -0.2) is 4.98 Å². The zero-order valence-electron chi connectivity index (χ0n) is 17.4. The molecule has 3 aromatic rings. The third-order valence-corrected chi connectivity index (χ3v) is 6.10. The van der Waals surface area contributed by atoms with Crippen molar-refractivity contribution in [3.63, 3.8) is 0 Å². The van der Waals surface area contributed by atoms with Gasteiger partial charge in [-0.2, -0.15) is 0 Å². The number of methoxy groups -OCH3 is 1. The number of anilines is 1. The summed E-state index contributed by atoms with van der Waals surface area (Å²) in [5, 5.41) is 1.31. The number of carbonyl (C=O) groups excluding carboxylic acids is 1. The molecule has 0 bridgehead atoms. The molecule has 0 saturated carbocycles. The van der Waals surface area contributed by atoms with E-state index in [0.29, 0.717) is 22.4 Å². The normalized spacial score (nSPS) is 11.1. The van der Waals surface area contributed by atoms with E-state index in [-0.39, 0.29) is 12.5 Å². The predicted octanol–water partition coefficient (Wildman–Crippen LogP) is 4.71. The molecule has 0 unspecified atom stereocenters. The Morgan fingerprint density at radius 1 is 1.07 bits per heavy atom. The average molecular weight is 448 g/mol. The van der Waals surface area contributed by atoms with Crippen molar-refractivity contribution in [2.24, 2.45) is 0 Å². The van der Waals surface area contributed by atoms with Gasteiger partial charge in [0.2, 0.25) is 0 Å². The number of thiazole rings is 1. The minimum Gasteiger partial charge on any atom is -0.497 e. The van der Waals surface area contributed by atoms with Crippen LogP contribution >= 0.6 is 22.9 Å². The van der Waals surface area contributed by atoms with E-state index in [9.17, 15) is 4.79 Å². The molecule has 160 valence electrons. The van der Waals surface area contributed by atoms with E-state index in [4.69, 9.17) is 21.1 Å². The second kappa shape index (κ2) is 10.6. The highest BCUT2D eigenvalue weighted by Crippen LogP contribution is 2.31. The van der Waals surface area contributed by atoms with Crippen LogP contribution in [-0.4, -0.2) is 55.7 Å². The van der Waals surface area contributed by atoms with Crippen molar-refractivity contribution in [1.29, 1.82) is 0 Å². The SMILES string of the molecule is CCN(CC)CCN(C(=O)COc1ccc(OC)cc1)c1nc2ccc(Cl)cc2s1. The lowest BCUT2D eigenvalue weighted by atomic mass is 10.3. The number of carbonyl (C=O) groups is 1. The molecule has 3 rings (SSSR count). The lowest BCUT2D eigenvalue weighted by molar-refractivity contribution is -0.120. The first-order valence-electron chi connectivity index (χ1n) is 9.89. The number of aromatic nitrogens is 1. The highest BCUT2D eigenvalue weighted by Gasteiger charge is 2.21. The minimum atomic E-state index is -0.136. The zero-order valence-corrected chi connectivity index (χ0v) is 19.0. The number of rotatable bonds is 10. The largest absolute Gasteiger partial charge is 0.497 e. The molecule has 2 aromatic carbocycles. The van der Waals surface area contributed by atoms with Gasteiger partial charge in [-0.3, -0.25) is 9.69 Å². The maximum atomic E-state index is 13.1. The van der Waals surface area contributed by atoms with E-state index in [2.05, 4.69) is 23.7 Å². The van der Waals surface area contributed by atoms with Crippen molar-refractivity contribution in [2.75, 3.05) is 44.8 Å². The number of amides is 1. The molecule has 0 spiro atoms. The maximum absolute atomic E-state index is 13.1. The molecule has 0 fully saturated rings. The van der Waals surface area contributed by atoms with Crippen LogP contribution in [0.5, 0.6) is 11.5 Å². The Morgan fingerprint density at radius 3 is 2.43 bits per heavy atom. The third-order valence-electron chi connectivity index (χ3n) is 4.83. The molecular weight excluding hydrogens is 422 g/mol. The van der Waals surface area contributed by atoms with Crippen molar-refractivity contribution in [3.8, 4) is 11.5 Å². The Balaban J connectivity index is 1.77. The van der Waals surface area contributed by atoms with E-state index in [1.807, 2.05) is 18.2 Å². The summed E-state index contributed by atoms with van der Waals surface area (Å²) in [6.07, 6.45) is 0. The van der Waals surface area contributed by atoms with Gasteiger partial charge in [0.25, 0.3) is 5.91 Å². The number of nitrogens with zero attached hydrogens (tertiary/aromatic N) is 3. The van der Waals surface area contributed by atoms with Crippen LogP contribution in [0.25, 0.3) is 10.2 Å². The van der Waals surface area contributed by atoms with Gasteiger partial charge in [-0.05, 0) is 55.6 Å². The maximum Gasteiger partial charge on any atom is 0.266 e. The number of benzene rings is 2. The van der Waals surface area contributed by atoms with Crippen molar-refractivity contribution >= 4 is 44.2 Å². The first kappa shape index (κ1) is 22.3. The van der Waals surface area contributed by atoms with Crippen LogP contribution in [0.15, 0.2) is 42.5 Å². The molecule has 1 heterocycles. The fourth-order valence-corrected chi connectivity index (χ4v) is 4.29. The molecule has 0 aliphatic rings. The molecule has 0 radical (unpaired) electrons. The van der Waals surface area contributed by atoms with Gasteiger partial charge >= 0.3 is 0 Å². The molecule has 6 nitrogen and oxygen atoms in total. The van der Waals surface area contributed by atoms with Crippen molar-refractivity contribution in [2.45, 2.75) is 13.8 Å². The Kier molecular flexibility index (Phi) is 7.90. The van der Waals surface area contributed by atoms with Gasteiger partial charge in [-0.1, -0.05) is 36.8 Å². The van der Waals surface area contributed by atoms with Crippen LogP contribution in [0.1, 0.15) is 13.8 Å². The quantitative estimate of drug-likeness (QED) is 0.450. The molecule has 0 aliphatic heterocycles. The molecule has 30 heavy (non-hydrogen) atoms. The van der Waals surface area contributed by atoms with Crippen molar-refractivity contribution in [3.05, 3.63) is 47.5 Å². The summed E-state index contributed by atoms with van der Waals surface area (Å²) in [6, 6.07) is 12.7. The average Bonchev–Trinajstić information content (AvgIpc) is 3.18. The van der Waals surface area contributed by atoms with Gasteiger partial charge in [0.1, 0.15) is 11.5 Å². The lowest BCUT2D eigenvalue weighted by Gasteiger charge is -2.24. The Bertz CT molecular complexity index is 973. The standard InChI is InChI=1S/C22H26ClN3O3S/c1-4-25(5-2)12-13-26(22-24-19-11-6-16(23)14-20(19)30-22)21(27)15-29-18-9-7-17(28-3)8-10-18/h6-11,14H,4-5,12-13,15H2,1-3H3. The summed E-state index contributed by atoms with van der Waals surface area (Å²) in [7, 11) is 1.61. The number of hydrogen-bond donors (Lipinski definition) is 0. The number of fused-ring (bicyclic) bond motifs is 1. The van der Waals surface area contributed by atoms with E-state index >= 15 is 0 Å². The van der Waals surface area contributed by atoms with E-state index in [1.165, 1.54) is 11.3 Å². The topological polar surface area (TPSA) is 54.9 Å². The van der Waals surface area contributed by atoms with Gasteiger partial charge in [0, 0.05) is 18.1 Å². The minimum absolute atomic E-state index is 0.0682. The predicted molar refractivity (Wildman–Crippen MR) is 123 cm³/mol. The highest BCUT2D eigenvalue weighted by atomic mass is 35.5. The summed E-state index contributed by atoms with van der Waals surface area (Å²) in [5.74, 6) is 1.22. The summed E-state index contributed by atoms with van der Waals surface area (Å²) >= 11 is 7.57. The molecule has 8 heteroatoms. The Hall–Kier alpha value is -2.35. The molecule has 1 aromatic heterocycles. The molecule has 0 aliphatic carbocycles. The van der Waals surface area contributed by atoms with E-state index in [1.54, 1.807) is 36.3 Å². The number of halogens is 1. The summed E-state index contributed by atoms with van der Waals surface area (Å²) < 4.78 is 11.8. The first-order chi connectivity index (χ1) is 14.5. The molecule has 0 atom stereocenters. The van der Waals surface area contributed by atoms with Crippen LogP contribution in [0.2, 0.25) is 5.02 Å². The number of ether oxygens (including phenoxy) is 2. The van der Waals surface area contributed by atoms with Gasteiger partial charge in [-0.15, -0.1) is 0 Å². The Labute approximate surface area is 186 Å². The van der Waals surface area contributed by atoms with Crippen molar-refractivity contribution in [1.82, 2.24) is 9.88 Å². The fourth-order valence-electron chi connectivity index (χ4n) is 3.00. The second-order valence-corrected chi connectivity index (χ2v) is 8.09. The van der Waals surface area contributed by atoms with Crippen molar-refractivity contribution < 1.29 is 14.3 Å². The first-order valence-corrected chi connectivity index (χ1v) is 11.1. The number of hydrogen-bond acceptors (Lipinski definition) is 6. The van der Waals surface area contributed by atoms with Crippen LogP contribution in [0.4, 0.5) is 5.13 Å². The zero-order chi connectivity index (χ0) is 21.5. The van der Waals surface area contributed by atoms with Gasteiger partial charge in [0.05, 0.1) is 17.3 Å². The van der Waals surface area contributed by atoms with Gasteiger partial charge in [0.15, 0.2) is 11.7 Å².